The van der Waals surface area contributed by atoms with E-state index in [4.69, 9.17) is 0 Å². The summed E-state index contributed by atoms with van der Waals surface area (Å²) in [6.45, 7) is 0. The van der Waals surface area contributed by atoms with Crippen molar-refractivity contribution in [3.8, 4) is 0 Å². The van der Waals surface area contributed by atoms with Gasteiger partial charge in [-0.05, 0) is 6.26 Å². The first kappa shape index (κ1) is 2.45. The zero-order chi connectivity index (χ0) is 3.54. The van der Waals surface area contributed by atoms with Crippen molar-refractivity contribution in [1.82, 2.24) is 4.98 Å². The van der Waals surface area contributed by atoms with Crippen LogP contribution in [0.1, 0.15) is 0 Å². The van der Waals surface area contributed by atoms with Gasteiger partial charge in [-0.15, -0.1) is 6.20 Å². The molecule has 0 unspecified atom stereocenters. The summed E-state index contributed by atoms with van der Waals surface area (Å²) in [7, 11) is 0. The summed E-state index contributed by atoms with van der Waals surface area (Å²) in [5, 5.41) is 0. The van der Waals surface area contributed by atoms with Gasteiger partial charge in [0.05, 0.1) is 0 Å². The molecule has 0 saturated carbocycles. The fourth-order valence-corrected chi connectivity index (χ4v) is 0.152. The molecule has 0 radical (unpaired) electrons. The number of hydrogen-bond acceptors (Lipinski definition) is 2. The monoisotopic (exact) mass is 68.0 g/mol. The Morgan fingerprint density at radius 1 is 1.80 bits per heavy atom. The minimum Gasteiger partial charge on any atom is -0.557 e. The fourth-order valence-electron chi connectivity index (χ4n) is 0.152. The Morgan fingerprint density at radius 3 is 3.00 bits per heavy atom. The average molecular weight is 68.1 g/mol. The van der Waals surface area contributed by atoms with Gasteiger partial charge in [-0.1, -0.05) is 0 Å². The normalized spacial score (nSPS) is 8.00. The van der Waals surface area contributed by atoms with Gasteiger partial charge in [0.1, 0.15) is 0 Å². The van der Waals surface area contributed by atoms with E-state index in [0.717, 1.165) is 0 Å². The molecular formula is C3H2NO-. The lowest BCUT2D eigenvalue weighted by atomic mass is 11.0. The third-order valence-corrected chi connectivity index (χ3v) is 0.309. The third-order valence-electron chi connectivity index (χ3n) is 0.309. The molecule has 0 fully saturated rings. The molecule has 0 aliphatic heterocycles. The quantitative estimate of drug-likeness (QED) is 0.413. The van der Waals surface area contributed by atoms with Crippen molar-refractivity contribution in [1.29, 1.82) is 0 Å². The van der Waals surface area contributed by atoms with E-state index in [2.05, 4.69) is 15.6 Å². The molecule has 0 N–H and O–H groups in total. The predicted octanol–water partition coefficient (Wildman–Crippen LogP) is 0.475. The Hall–Kier alpha value is -0.790. The second-order valence-corrected chi connectivity index (χ2v) is 0.618. The smallest absolute Gasteiger partial charge is 0.0217 e. The molecule has 2 nitrogen and oxygen atoms in total. The summed E-state index contributed by atoms with van der Waals surface area (Å²) in [5.41, 5.74) is 0. The number of hydrogen-bond donors (Lipinski definition) is 0. The van der Waals surface area contributed by atoms with E-state index in [-0.39, 0.29) is 0 Å². The van der Waals surface area contributed by atoms with Gasteiger partial charge in [-0.3, -0.25) is 0 Å². The minimum atomic E-state index is 1.32. The van der Waals surface area contributed by atoms with E-state index in [1.165, 1.54) is 12.7 Å². The van der Waals surface area contributed by atoms with Gasteiger partial charge in [-0.2, -0.15) is 0 Å². The lowest BCUT2D eigenvalue weighted by Crippen LogP contribution is -1.40. The Kier molecular flexibility index (Phi) is 0.433. The summed E-state index contributed by atoms with van der Waals surface area (Å²) < 4.78 is 4.42. The van der Waals surface area contributed by atoms with Gasteiger partial charge in [0.2, 0.25) is 0 Å². The second-order valence-electron chi connectivity index (χ2n) is 0.618. The molecule has 0 bridgehead atoms. The lowest BCUT2D eigenvalue weighted by molar-refractivity contribution is 0.557. The van der Waals surface area contributed by atoms with E-state index in [1.54, 1.807) is 0 Å². The molecular weight excluding hydrogens is 66.0 g/mol. The molecule has 0 aliphatic rings. The van der Waals surface area contributed by atoms with Gasteiger partial charge in [0.15, 0.2) is 0 Å². The average Bonchev–Trinajstić information content (AvgIpc) is 1.76. The maximum absolute atomic E-state index is 4.42. The molecule has 26 valence electrons. The van der Waals surface area contributed by atoms with Crippen LogP contribution in [-0.2, 0) is 0 Å². The number of oxazole rings is 1. The molecule has 5 heavy (non-hydrogen) atoms. The molecule has 0 aromatic carbocycles. The third kappa shape index (κ3) is 0.265. The highest BCUT2D eigenvalue weighted by atomic mass is 16.3. The SMILES string of the molecule is [c-]1cocn1. The van der Waals surface area contributed by atoms with Crippen molar-refractivity contribution < 1.29 is 4.42 Å². The highest BCUT2D eigenvalue weighted by Crippen LogP contribution is 1.70. The molecule has 0 spiro atoms. The van der Waals surface area contributed by atoms with Crippen molar-refractivity contribution in [2.45, 2.75) is 0 Å². The van der Waals surface area contributed by atoms with Gasteiger partial charge in [0.25, 0.3) is 0 Å². The molecule has 0 atom stereocenters. The van der Waals surface area contributed by atoms with Crippen LogP contribution in [0.3, 0.4) is 0 Å². The molecule has 0 saturated heterocycles. The maximum Gasteiger partial charge on any atom is 0.0217 e. The molecule has 1 aromatic rings. The van der Waals surface area contributed by atoms with E-state index in [1.807, 2.05) is 0 Å². The van der Waals surface area contributed by atoms with Crippen LogP contribution in [0.5, 0.6) is 0 Å². The Labute approximate surface area is 29.4 Å². The molecule has 1 heterocycles. The number of aromatic nitrogens is 1. The van der Waals surface area contributed by atoms with Crippen molar-refractivity contribution in [3.63, 3.8) is 0 Å². The highest BCUT2D eigenvalue weighted by Gasteiger charge is 1.44. The topological polar surface area (TPSA) is 26.0 Å². The molecule has 0 aliphatic carbocycles. The first-order valence-electron chi connectivity index (χ1n) is 1.24. The Balaban J connectivity index is 3.13. The van der Waals surface area contributed by atoms with E-state index in [0.29, 0.717) is 0 Å². The van der Waals surface area contributed by atoms with Crippen LogP contribution in [0.2, 0.25) is 0 Å². The molecule has 0 amide bonds. The van der Waals surface area contributed by atoms with Crippen LogP contribution in [0.15, 0.2) is 17.1 Å². The van der Waals surface area contributed by atoms with E-state index in [9.17, 15) is 0 Å². The van der Waals surface area contributed by atoms with Crippen LogP contribution >= 0.6 is 0 Å². The molecule has 2 heteroatoms. The molecule has 1 aromatic heterocycles. The number of rotatable bonds is 0. The van der Waals surface area contributed by atoms with Crippen LogP contribution in [0.25, 0.3) is 0 Å². The summed E-state index contributed by atoms with van der Waals surface area (Å²) >= 11 is 0. The van der Waals surface area contributed by atoms with Crippen molar-refractivity contribution in [3.05, 3.63) is 18.9 Å². The Bertz CT molecular complexity index is 63.4. The fraction of sp³-hybridized carbons (Fsp3) is 0. The highest BCUT2D eigenvalue weighted by molar-refractivity contribution is 4.52. The maximum atomic E-state index is 4.42. The van der Waals surface area contributed by atoms with Gasteiger partial charge in [-0.25, -0.2) is 0 Å². The van der Waals surface area contributed by atoms with Crippen molar-refractivity contribution in [2.75, 3.05) is 0 Å². The van der Waals surface area contributed by atoms with Crippen LogP contribution in [-0.4, -0.2) is 4.98 Å². The zero-order valence-electron chi connectivity index (χ0n) is 2.51. The van der Waals surface area contributed by atoms with Crippen molar-refractivity contribution in [2.24, 2.45) is 0 Å². The second kappa shape index (κ2) is 0.885. The van der Waals surface area contributed by atoms with E-state index >= 15 is 0 Å². The van der Waals surface area contributed by atoms with Crippen LogP contribution in [0.4, 0.5) is 0 Å². The number of nitrogens with zero attached hydrogens (tertiary/aromatic N) is 1. The lowest BCUT2D eigenvalue weighted by Gasteiger charge is -1.60. The summed E-state index contributed by atoms with van der Waals surface area (Å²) in [6, 6.07) is 0. The van der Waals surface area contributed by atoms with Crippen LogP contribution < -0.4 is 0 Å². The van der Waals surface area contributed by atoms with Gasteiger partial charge < -0.3 is 9.40 Å². The molecule has 1 rings (SSSR count). The van der Waals surface area contributed by atoms with Gasteiger partial charge >= 0.3 is 0 Å². The Morgan fingerprint density at radius 2 is 2.80 bits per heavy atom. The first-order valence-corrected chi connectivity index (χ1v) is 1.24. The van der Waals surface area contributed by atoms with Crippen molar-refractivity contribution >= 4 is 0 Å². The van der Waals surface area contributed by atoms with Crippen LogP contribution in [0, 0.1) is 6.20 Å². The van der Waals surface area contributed by atoms with Gasteiger partial charge in [0, 0.05) is 6.39 Å². The summed E-state index contributed by atoms with van der Waals surface area (Å²) in [6.07, 6.45) is 5.15. The standard InChI is InChI=1S/C3H2NO/c1-2-5-3-4-1/h2-3H/q-1. The predicted molar refractivity (Wildman–Crippen MR) is 15.3 cm³/mol. The summed E-state index contributed by atoms with van der Waals surface area (Å²) in [4.78, 5) is 3.43. The minimum absolute atomic E-state index is 1.32. The largest absolute Gasteiger partial charge is 0.557 e. The summed E-state index contributed by atoms with van der Waals surface area (Å²) in [5.74, 6) is 0. The zero-order valence-corrected chi connectivity index (χ0v) is 2.51. The van der Waals surface area contributed by atoms with E-state index < -0.39 is 0 Å². The first-order chi connectivity index (χ1) is 2.50.